The second-order valence-corrected chi connectivity index (χ2v) is 4.57. The summed E-state index contributed by atoms with van der Waals surface area (Å²) in [4.78, 5) is 13.2. The Morgan fingerprint density at radius 3 is 2.88 bits per heavy atom. The summed E-state index contributed by atoms with van der Waals surface area (Å²) >= 11 is 6.17. The number of aliphatic hydroxyl groups excluding tert-OH is 1. The summed E-state index contributed by atoms with van der Waals surface area (Å²) in [7, 11) is 0. The normalized spacial score (nSPS) is 17.8. The van der Waals surface area contributed by atoms with E-state index in [2.05, 4.69) is 5.32 Å². The average molecular weight is 255 g/mol. The van der Waals surface area contributed by atoms with Crippen LogP contribution in [0.25, 0.3) is 0 Å². The molecule has 1 fully saturated rings. The fourth-order valence-electron chi connectivity index (χ4n) is 1.88. The van der Waals surface area contributed by atoms with Gasteiger partial charge in [0.1, 0.15) is 0 Å². The summed E-state index contributed by atoms with van der Waals surface area (Å²) < 4.78 is 0. The Labute approximate surface area is 105 Å². The number of hydrogen-bond donors (Lipinski definition) is 2. The third kappa shape index (κ3) is 2.70. The number of nitrogens with one attached hydrogen (secondary N) is 1. The zero-order valence-corrected chi connectivity index (χ0v) is 10.4. The molecule has 1 aromatic rings. The smallest absolute Gasteiger partial charge is 0.239 e. The molecule has 1 unspecified atom stereocenters. The quantitative estimate of drug-likeness (QED) is 0.837. The molecule has 17 heavy (non-hydrogen) atoms. The molecule has 92 valence electrons. The molecule has 4 nitrogen and oxygen atoms in total. The minimum Gasteiger partial charge on any atom is -0.389 e. The topological polar surface area (TPSA) is 52.6 Å². The number of carbonyl (C=O) groups excluding carboxylic acids is 1. The first kappa shape index (κ1) is 12.2. The van der Waals surface area contributed by atoms with Crippen molar-refractivity contribution >= 4 is 23.2 Å². The van der Waals surface area contributed by atoms with Gasteiger partial charge in [0.2, 0.25) is 5.91 Å². The Hall–Kier alpha value is -1.26. The fourth-order valence-corrected chi connectivity index (χ4v) is 2.19. The van der Waals surface area contributed by atoms with Crippen LogP contribution < -0.4 is 10.2 Å². The summed E-state index contributed by atoms with van der Waals surface area (Å²) in [5.74, 6) is 0.00641. The lowest BCUT2D eigenvalue weighted by molar-refractivity contribution is -0.120. The van der Waals surface area contributed by atoms with Crippen LogP contribution in [0.4, 0.5) is 5.69 Å². The summed E-state index contributed by atoms with van der Waals surface area (Å²) in [5, 5.41) is 12.8. The van der Waals surface area contributed by atoms with Crippen molar-refractivity contribution < 1.29 is 9.90 Å². The molecule has 1 amide bonds. The molecule has 2 N–H and O–H groups in total. The summed E-state index contributed by atoms with van der Waals surface area (Å²) in [6, 6.07) is 5.43. The van der Waals surface area contributed by atoms with E-state index in [0.29, 0.717) is 18.1 Å². The molecule has 1 heterocycles. The summed E-state index contributed by atoms with van der Waals surface area (Å²) in [6.45, 7) is 3.40. The van der Waals surface area contributed by atoms with Crippen LogP contribution in [0.2, 0.25) is 5.02 Å². The van der Waals surface area contributed by atoms with Gasteiger partial charge in [-0.05, 0) is 24.6 Å². The zero-order chi connectivity index (χ0) is 12.4. The molecule has 5 heteroatoms. The highest BCUT2D eigenvalue weighted by Crippen LogP contribution is 2.29. The van der Waals surface area contributed by atoms with E-state index in [9.17, 15) is 9.90 Å². The minimum absolute atomic E-state index is 0.00641. The highest BCUT2D eigenvalue weighted by Gasteiger charge is 2.18. The molecule has 1 aliphatic rings. The van der Waals surface area contributed by atoms with E-state index in [1.54, 1.807) is 13.0 Å². The molecule has 1 aliphatic heterocycles. The number of piperazine rings is 1. The second kappa shape index (κ2) is 4.94. The van der Waals surface area contributed by atoms with E-state index < -0.39 is 6.10 Å². The van der Waals surface area contributed by atoms with E-state index in [-0.39, 0.29) is 5.91 Å². The molecule has 1 saturated heterocycles. The van der Waals surface area contributed by atoms with Crippen LogP contribution >= 0.6 is 11.6 Å². The van der Waals surface area contributed by atoms with Gasteiger partial charge < -0.3 is 15.3 Å². The van der Waals surface area contributed by atoms with Gasteiger partial charge in [0.15, 0.2) is 0 Å². The van der Waals surface area contributed by atoms with Gasteiger partial charge in [-0.3, -0.25) is 4.79 Å². The summed E-state index contributed by atoms with van der Waals surface area (Å²) in [6.07, 6.45) is -0.536. The van der Waals surface area contributed by atoms with Gasteiger partial charge in [0, 0.05) is 13.1 Å². The predicted molar refractivity (Wildman–Crippen MR) is 67.3 cm³/mol. The maximum absolute atomic E-state index is 11.3. The Bertz CT molecular complexity index is 435. The molecule has 1 atom stereocenters. The monoisotopic (exact) mass is 254 g/mol. The Morgan fingerprint density at radius 2 is 2.29 bits per heavy atom. The van der Waals surface area contributed by atoms with Crippen LogP contribution in [0.3, 0.4) is 0 Å². The molecular weight excluding hydrogens is 240 g/mol. The van der Waals surface area contributed by atoms with Crippen LogP contribution in [0, 0.1) is 0 Å². The molecule has 0 aromatic heterocycles. The van der Waals surface area contributed by atoms with Crippen LogP contribution in [0.5, 0.6) is 0 Å². The van der Waals surface area contributed by atoms with Gasteiger partial charge in [-0.2, -0.15) is 0 Å². The first-order valence-corrected chi connectivity index (χ1v) is 5.95. The Balaban J connectivity index is 2.23. The van der Waals surface area contributed by atoms with Gasteiger partial charge in [0.25, 0.3) is 0 Å². The lowest BCUT2D eigenvalue weighted by Gasteiger charge is -2.29. The van der Waals surface area contributed by atoms with Crippen molar-refractivity contribution in [2.75, 3.05) is 24.5 Å². The molecule has 0 spiro atoms. The molecule has 0 aliphatic carbocycles. The maximum Gasteiger partial charge on any atom is 0.239 e. The van der Waals surface area contributed by atoms with Crippen LogP contribution in [0.1, 0.15) is 18.6 Å². The first-order valence-electron chi connectivity index (χ1n) is 5.57. The number of rotatable bonds is 2. The average Bonchev–Trinajstić information content (AvgIpc) is 2.28. The van der Waals surface area contributed by atoms with Crippen molar-refractivity contribution in [2.24, 2.45) is 0 Å². The number of halogens is 1. The third-order valence-electron chi connectivity index (χ3n) is 2.83. The standard InChI is InChI=1S/C12H15ClN2O2/c1-8(16)9-2-3-11(10(13)6-9)15-5-4-14-12(17)7-15/h2-3,6,8,16H,4-5,7H2,1H3,(H,14,17). The van der Waals surface area contributed by atoms with E-state index in [1.165, 1.54) is 0 Å². The largest absolute Gasteiger partial charge is 0.389 e. The number of nitrogens with zero attached hydrogens (tertiary/aromatic N) is 1. The van der Waals surface area contributed by atoms with E-state index in [0.717, 1.165) is 17.8 Å². The van der Waals surface area contributed by atoms with Crippen molar-refractivity contribution in [3.05, 3.63) is 28.8 Å². The first-order chi connectivity index (χ1) is 8.08. The van der Waals surface area contributed by atoms with Gasteiger partial charge in [-0.1, -0.05) is 17.7 Å². The summed E-state index contributed by atoms with van der Waals surface area (Å²) in [5.41, 5.74) is 1.62. The third-order valence-corrected chi connectivity index (χ3v) is 3.14. The molecule has 0 bridgehead atoms. The van der Waals surface area contributed by atoms with Crippen molar-refractivity contribution in [3.8, 4) is 0 Å². The van der Waals surface area contributed by atoms with Crippen molar-refractivity contribution in [1.82, 2.24) is 5.32 Å². The molecule has 0 saturated carbocycles. The van der Waals surface area contributed by atoms with Gasteiger partial charge in [-0.15, -0.1) is 0 Å². The van der Waals surface area contributed by atoms with Crippen LogP contribution in [-0.4, -0.2) is 30.6 Å². The number of amides is 1. The molecular formula is C12H15ClN2O2. The molecule has 1 aromatic carbocycles. The van der Waals surface area contributed by atoms with Gasteiger partial charge >= 0.3 is 0 Å². The SMILES string of the molecule is CC(O)c1ccc(N2CCNC(=O)C2)c(Cl)c1. The second-order valence-electron chi connectivity index (χ2n) is 4.16. The maximum atomic E-state index is 11.3. The number of carbonyl (C=O) groups is 1. The minimum atomic E-state index is -0.536. The lowest BCUT2D eigenvalue weighted by atomic mass is 10.1. The lowest BCUT2D eigenvalue weighted by Crippen LogP contribution is -2.47. The van der Waals surface area contributed by atoms with Gasteiger partial charge in [-0.25, -0.2) is 0 Å². The van der Waals surface area contributed by atoms with Crippen molar-refractivity contribution in [2.45, 2.75) is 13.0 Å². The van der Waals surface area contributed by atoms with Crippen molar-refractivity contribution in [1.29, 1.82) is 0 Å². The Kier molecular flexibility index (Phi) is 3.54. The highest BCUT2D eigenvalue weighted by molar-refractivity contribution is 6.33. The van der Waals surface area contributed by atoms with Crippen LogP contribution in [0.15, 0.2) is 18.2 Å². The molecule has 2 rings (SSSR count). The zero-order valence-electron chi connectivity index (χ0n) is 9.61. The van der Waals surface area contributed by atoms with Crippen molar-refractivity contribution in [3.63, 3.8) is 0 Å². The van der Waals surface area contributed by atoms with E-state index in [1.807, 2.05) is 17.0 Å². The number of anilines is 1. The van der Waals surface area contributed by atoms with Gasteiger partial charge in [0.05, 0.1) is 23.4 Å². The van der Waals surface area contributed by atoms with E-state index in [4.69, 9.17) is 11.6 Å². The van der Waals surface area contributed by atoms with Crippen LogP contribution in [-0.2, 0) is 4.79 Å². The fraction of sp³-hybridized carbons (Fsp3) is 0.417. The predicted octanol–water partition coefficient (Wildman–Crippen LogP) is 1.33. The number of hydrogen-bond acceptors (Lipinski definition) is 3. The number of benzene rings is 1. The van der Waals surface area contributed by atoms with E-state index >= 15 is 0 Å². The Morgan fingerprint density at radius 1 is 1.53 bits per heavy atom. The molecule has 0 radical (unpaired) electrons. The highest BCUT2D eigenvalue weighted by atomic mass is 35.5. The number of aliphatic hydroxyl groups is 1.